The van der Waals surface area contributed by atoms with E-state index in [0.717, 1.165) is 43.2 Å². The van der Waals surface area contributed by atoms with E-state index in [1.165, 1.54) is 12.8 Å². The average Bonchev–Trinajstić information content (AvgIpc) is 3.13. The predicted molar refractivity (Wildman–Crippen MR) is 84.8 cm³/mol. The fraction of sp³-hybridized carbons (Fsp3) is 0.500. The fourth-order valence-electron chi connectivity index (χ4n) is 3.21. The predicted octanol–water partition coefficient (Wildman–Crippen LogP) is 2.58. The summed E-state index contributed by atoms with van der Waals surface area (Å²) in [4.78, 5) is 18.9. The van der Waals surface area contributed by atoms with Gasteiger partial charge in [-0.25, -0.2) is 0 Å². The third kappa shape index (κ3) is 3.44. The number of likely N-dealkylation sites (tertiary alicyclic amines) is 1. The molecule has 4 rings (SSSR count). The van der Waals surface area contributed by atoms with Crippen LogP contribution in [0.2, 0.25) is 0 Å². The smallest absolute Gasteiger partial charge is 0.229 e. The van der Waals surface area contributed by atoms with Gasteiger partial charge >= 0.3 is 0 Å². The molecule has 23 heavy (non-hydrogen) atoms. The minimum atomic E-state index is 0.213. The summed E-state index contributed by atoms with van der Waals surface area (Å²) in [5.41, 5.74) is 1.08. The molecule has 1 aromatic carbocycles. The van der Waals surface area contributed by atoms with Gasteiger partial charge in [0.15, 0.2) is 5.82 Å². The van der Waals surface area contributed by atoms with Crippen LogP contribution in [0.1, 0.15) is 42.5 Å². The van der Waals surface area contributed by atoms with Crippen LogP contribution >= 0.6 is 0 Å². The van der Waals surface area contributed by atoms with Crippen LogP contribution in [-0.4, -0.2) is 34.0 Å². The number of benzene rings is 1. The van der Waals surface area contributed by atoms with Gasteiger partial charge < -0.3 is 9.42 Å². The van der Waals surface area contributed by atoms with Crippen molar-refractivity contribution < 1.29 is 9.32 Å². The maximum absolute atomic E-state index is 12.4. The molecule has 5 heteroatoms. The zero-order valence-electron chi connectivity index (χ0n) is 13.1. The normalized spacial score (nSPS) is 20.9. The maximum atomic E-state index is 12.4. The van der Waals surface area contributed by atoms with Crippen molar-refractivity contribution in [1.29, 1.82) is 0 Å². The van der Waals surface area contributed by atoms with Gasteiger partial charge in [-0.3, -0.25) is 4.79 Å². The van der Waals surface area contributed by atoms with Gasteiger partial charge in [-0.2, -0.15) is 4.98 Å². The van der Waals surface area contributed by atoms with Gasteiger partial charge in [0.1, 0.15) is 0 Å². The van der Waals surface area contributed by atoms with Gasteiger partial charge in [0.05, 0.1) is 6.42 Å². The third-order valence-corrected chi connectivity index (χ3v) is 4.72. The molecule has 1 aromatic heterocycles. The van der Waals surface area contributed by atoms with Crippen molar-refractivity contribution in [3.05, 3.63) is 47.6 Å². The zero-order chi connectivity index (χ0) is 15.6. The van der Waals surface area contributed by atoms with Crippen LogP contribution in [0.3, 0.4) is 0 Å². The molecule has 120 valence electrons. The van der Waals surface area contributed by atoms with E-state index in [0.29, 0.717) is 18.3 Å². The number of carbonyl (C=O) groups is 1. The van der Waals surface area contributed by atoms with Crippen molar-refractivity contribution >= 4 is 5.91 Å². The van der Waals surface area contributed by atoms with Crippen LogP contribution < -0.4 is 0 Å². The number of rotatable bonds is 5. The van der Waals surface area contributed by atoms with Crippen molar-refractivity contribution in [2.24, 2.45) is 5.92 Å². The molecule has 0 radical (unpaired) electrons. The lowest BCUT2D eigenvalue weighted by Crippen LogP contribution is -2.30. The Morgan fingerprint density at radius 1 is 1.22 bits per heavy atom. The zero-order valence-corrected chi connectivity index (χ0v) is 13.1. The topological polar surface area (TPSA) is 59.2 Å². The molecule has 0 bridgehead atoms. The van der Waals surface area contributed by atoms with Crippen molar-refractivity contribution in [3.8, 4) is 0 Å². The number of hydrogen-bond acceptors (Lipinski definition) is 4. The largest absolute Gasteiger partial charge is 0.342 e. The van der Waals surface area contributed by atoms with Crippen molar-refractivity contribution in [3.63, 3.8) is 0 Å². The first kappa shape index (κ1) is 14.4. The summed E-state index contributed by atoms with van der Waals surface area (Å²) in [5, 5.41) is 4.09. The van der Waals surface area contributed by atoms with Gasteiger partial charge in [0.25, 0.3) is 0 Å². The van der Waals surface area contributed by atoms with Crippen LogP contribution in [0.15, 0.2) is 34.9 Å². The summed E-state index contributed by atoms with van der Waals surface area (Å²) in [6.07, 6.45) is 4.67. The van der Waals surface area contributed by atoms with Gasteiger partial charge in [-0.1, -0.05) is 35.5 Å². The van der Waals surface area contributed by atoms with Crippen LogP contribution in [0.25, 0.3) is 0 Å². The number of amides is 1. The van der Waals surface area contributed by atoms with E-state index in [1.54, 1.807) is 0 Å². The molecule has 2 heterocycles. The van der Waals surface area contributed by atoms with E-state index in [9.17, 15) is 4.79 Å². The molecule has 2 aromatic rings. The minimum Gasteiger partial charge on any atom is -0.342 e. The Hall–Kier alpha value is -2.17. The van der Waals surface area contributed by atoms with Crippen LogP contribution in [-0.2, 0) is 17.6 Å². The first-order valence-corrected chi connectivity index (χ1v) is 8.42. The van der Waals surface area contributed by atoms with E-state index >= 15 is 0 Å². The fourth-order valence-corrected chi connectivity index (χ4v) is 3.21. The Kier molecular flexibility index (Phi) is 3.85. The highest BCUT2D eigenvalue weighted by atomic mass is 16.5. The average molecular weight is 311 g/mol. The highest BCUT2D eigenvalue weighted by Crippen LogP contribution is 2.39. The number of carbonyl (C=O) groups excluding carboxylic acids is 1. The molecular weight excluding hydrogens is 290 g/mol. The lowest BCUT2D eigenvalue weighted by Gasteiger charge is -2.16. The summed E-state index contributed by atoms with van der Waals surface area (Å²) >= 11 is 0. The Bertz CT molecular complexity index is 679. The summed E-state index contributed by atoms with van der Waals surface area (Å²) in [5.74, 6) is 2.76. The van der Waals surface area contributed by atoms with Gasteiger partial charge in [0.2, 0.25) is 11.8 Å². The first-order valence-electron chi connectivity index (χ1n) is 8.42. The molecular formula is C18H21N3O2. The van der Waals surface area contributed by atoms with E-state index in [1.807, 2.05) is 35.2 Å². The minimum absolute atomic E-state index is 0.213. The molecule has 1 saturated carbocycles. The molecule has 1 saturated heterocycles. The molecule has 5 nitrogen and oxygen atoms in total. The standard InChI is InChI=1S/C18H21N3O2/c22-17(11-13-4-2-1-3-5-13)21-9-8-14(12-21)10-16-19-18(23-20-16)15-6-7-15/h1-5,14-15H,6-12H2. The number of hydrogen-bond donors (Lipinski definition) is 0. The van der Waals surface area contributed by atoms with E-state index < -0.39 is 0 Å². The highest BCUT2D eigenvalue weighted by Gasteiger charge is 2.31. The molecule has 2 aliphatic rings. The molecule has 0 N–H and O–H groups in total. The van der Waals surface area contributed by atoms with Crippen LogP contribution in [0.5, 0.6) is 0 Å². The number of nitrogens with zero attached hydrogens (tertiary/aromatic N) is 3. The first-order chi connectivity index (χ1) is 11.3. The van der Waals surface area contributed by atoms with Gasteiger partial charge in [-0.15, -0.1) is 0 Å². The summed E-state index contributed by atoms with van der Waals surface area (Å²) in [7, 11) is 0. The Balaban J connectivity index is 1.30. The SMILES string of the molecule is O=C(Cc1ccccc1)N1CCC(Cc2noc(C3CC3)n2)C1. The third-order valence-electron chi connectivity index (χ3n) is 4.72. The van der Waals surface area contributed by atoms with Crippen molar-refractivity contribution in [2.75, 3.05) is 13.1 Å². The number of aromatic nitrogens is 2. The Morgan fingerprint density at radius 2 is 2.04 bits per heavy atom. The molecule has 2 fully saturated rings. The van der Waals surface area contributed by atoms with E-state index in [2.05, 4.69) is 10.1 Å². The van der Waals surface area contributed by atoms with Crippen LogP contribution in [0.4, 0.5) is 0 Å². The summed E-state index contributed by atoms with van der Waals surface area (Å²) < 4.78 is 5.31. The molecule has 1 amide bonds. The van der Waals surface area contributed by atoms with Gasteiger partial charge in [-0.05, 0) is 30.7 Å². The lowest BCUT2D eigenvalue weighted by atomic mass is 10.0. The molecule has 0 spiro atoms. The molecule has 1 aliphatic carbocycles. The molecule has 1 unspecified atom stereocenters. The summed E-state index contributed by atoms with van der Waals surface area (Å²) in [6.45, 7) is 1.64. The summed E-state index contributed by atoms with van der Waals surface area (Å²) in [6, 6.07) is 9.93. The van der Waals surface area contributed by atoms with Crippen molar-refractivity contribution in [1.82, 2.24) is 15.0 Å². The quantitative estimate of drug-likeness (QED) is 0.851. The Morgan fingerprint density at radius 3 is 2.83 bits per heavy atom. The van der Waals surface area contributed by atoms with Crippen LogP contribution in [0, 0.1) is 5.92 Å². The maximum Gasteiger partial charge on any atom is 0.229 e. The molecule has 1 aliphatic heterocycles. The van der Waals surface area contributed by atoms with Crippen molar-refractivity contribution in [2.45, 2.75) is 38.0 Å². The van der Waals surface area contributed by atoms with Gasteiger partial charge in [0, 0.05) is 25.4 Å². The molecule has 1 atom stereocenters. The Labute approximate surface area is 135 Å². The lowest BCUT2D eigenvalue weighted by molar-refractivity contribution is -0.129. The monoisotopic (exact) mass is 311 g/mol. The highest BCUT2D eigenvalue weighted by molar-refractivity contribution is 5.79. The van der Waals surface area contributed by atoms with E-state index in [4.69, 9.17) is 4.52 Å². The second-order valence-electron chi connectivity index (χ2n) is 6.68. The van der Waals surface area contributed by atoms with E-state index in [-0.39, 0.29) is 5.91 Å². The second kappa shape index (κ2) is 6.14. The second-order valence-corrected chi connectivity index (χ2v) is 6.68.